The van der Waals surface area contributed by atoms with Gasteiger partial charge in [-0.25, -0.2) is 4.99 Å². The van der Waals surface area contributed by atoms with Gasteiger partial charge in [-0.1, -0.05) is 43.0 Å². The number of rotatable bonds is 3. The number of hydrogen-bond acceptors (Lipinski definition) is 2. The molecule has 1 aliphatic carbocycles. The zero-order valence-corrected chi connectivity index (χ0v) is 15.5. The fraction of sp³-hybridized carbons (Fsp3) is 0.409. The van der Waals surface area contributed by atoms with Crippen LogP contribution in [0.4, 0.5) is 0 Å². The summed E-state index contributed by atoms with van der Waals surface area (Å²) in [5, 5.41) is 0. The average Bonchev–Trinajstić information content (AvgIpc) is 2.87. The first kappa shape index (κ1) is 17.7. The molecule has 1 aromatic rings. The molecule has 1 heterocycles. The lowest BCUT2D eigenvalue weighted by Crippen LogP contribution is -2.46. The van der Waals surface area contributed by atoms with Crippen molar-refractivity contribution in [1.82, 2.24) is 4.90 Å². The molecule has 1 unspecified atom stereocenters. The van der Waals surface area contributed by atoms with E-state index in [4.69, 9.17) is 5.73 Å². The van der Waals surface area contributed by atoms with Crippen LogP contribution >= 0.6 is 0 Å². The van der Waals surface area contributed by atoms with Crippen molar-refractivity contribution >= 4 is 11.4 Å². The van der Waals surface area contributed by atoms with E-state index in [2.05, 4.69) is 54.2 Å². The number of nitrogens with two attached hydrogens (primary N) is 1. The number of benzene rings is 1. The molecule has 2 N–H and O–H groups in total. The van der Waals surface area contributed by atoms with Gasteiger partial charge in [0, 0.05) is 25.3 Å². The van der Waals surface area contributed by atoms with Gasteiger partial charge in [0.2, 0.25) is 0 Å². The van der Waals surface area contributed by atoms with E-state index in [9.17, 15) is 0 Å². The number of likely N-dealkylation sites (tertiary alicyclic amines) is 1. The second-order valence-corrected chi connectivity index (χ2v) is 7.37. The minimum absolute atomic E-state index is 0.130. The van der Waals surface area contributed by atoms with Crippen molar-refractivity contribution in [3.05, 3.63) is 66.4 Å². The highest BCUT2D eigenvalue weighted by molar-refractivity contribution is 5.93. The van der Waals surface area contributed by atoms with Gasteiger partial charge >= 0.3 is 0 Å². The van der Waals surface area contributed by atoms with Crippen LogP contribution in [0.3, 0.4) is 0 Å². The first-order valence-corrected chi connectivity index (χ1v) is 9.11. The van der Waals surface area contributed by atoms with Crippen molar-refractivity contribution in [2.24, 2.45) is 16.1 Å². The monoisotopic (exact) mass is 335 g/mol. The smallest absolute Gasteiger partial charge is 0.128 e. The van der Waals surface area contributed by atoms with Gasteiger partial charge in [-0.2, -0.15) is 0 Å². The third-order valence-corrected chi connectivity index (χ3v) is 5.80. The van der Waals surface area contributed by atoms with Gasteiger partial charge in [-0.15, -0.1) is 0 Å². The van der Waals surface area contributed by atoms with Crippen LogP contribution in [0.1, 0.15) is 49.4 Å². The van der Waals surface area contributed by atoms with Crippen molar-refractivity contribution in [2.75, 3.05) is 13.1 Å². The maximum Gasteiger partial charge on any atom is 0.128 e. The summed E-state index contributed by atoms with van der Waals surface area (Å²) >= 11 is 0. The molecule has 0 amide bonds. The van der Waals surface area contributed by atoms with Gasteiger partial charge in [0.15, 0.2) is 0 Å². The second-order valence-electron chi connectivity index (χ2n) is 7.37. The van der Waals surface area contributed by atoms with Gasteiger partial charge in [0.05, 0.1) is 0 Å². The van der Waals surface area contributed by atoms with Crippen LogP contribution in [-0.2, 0) is 6.42 Å². The summed E-state index contributed by atoms with van der Waals surface area (Å²) in [6.45, 7) is 13.9. The molecule has 0 saturated carbocycles. The Hall–Kier alpha value is -2.13. The lowest BCUT2D eigenvalue weighted by Gasteiger charge is -2.42. The van der Waals surface area contributed by atoms with E-state index in [1.54, 1.807) is 6.20 Å². The number of allylic oxidation sites excluding steroid dienone is 2. The van der Waals surface area contributed by atoms with E-state index >= 15 is 0 Å². The third-order valence-electron chi connectivity index (χ3n) is 5.80. The van der Waals surface area contributed by atoms with Gasteiger partial charge in [-0.3, -0.25) is 0 Å². The molecule has 3 nitrogen and oxygen atoms in total. The SMILES string of the molecule is C=CN=C(/C=C/C)N1CCC2(CC1)Cc1cc(C(=C)C)ccc1C2N. The molecule has 25 heavy (non-hydrogen) atoms. The lowest BCUT2D eigenvalue weighted by molar-refractivity contribution is 0.128. The summed E-state index contributed by atoms with van der Waals surface area (Å²) in [6.07, 6.45) is 8.98. The fourth-order valence-electron chi connectivity index (χ4n) is 4.29. The molecule has 132 valence electrons. The first-order chi connectivity index (χ1) is 12.0. The predicted octanol–water partition coefficient (Wildman–Crippen LogP) is 4.48. The molecule has 1 spiro atoms. The highest BCUT2D eigenvalue weighted by atomic mass is 15.2. The number of hydrogen-bond donors (Lipinski definition) is 1. The Morgan fingerprint density at radius 2 is 2.08 bits per heavy atom. The minimum atomic E-state index is 0.130. The fourth-order valence-corrected chi connectivity index (χ4v) is 4.29. The Bertz CT molecular complexity index is 734. The molecule has 0 aromatic heterocycles. The minimum Gasteiger partial charge on any atom is -0.357 e. The van der Waals surface area contributed by atoms with Crippen LogP contribution in [0.2, 0.25) is 0 Å². The van der Waals surface area contributed by atoms with Gasteiger partial charge < -0.3 is 10.6 Å². The van der Waals surface area contributed by atoms with E-state index in [0.29, 0.717) is 0 Å². The molecular weight excluding hydrogens is 306 g/mol. The largest absolute Gasteiger partial charge is 0.357 e. The van der Waals surface area contributed by atoms with Crippen LogP contribution in [-0.4, -0.2) is 23.8 Å². The van der Waals surface area contributed by atoms with Gasteiger partial charge in [0.25, 0.3) is 0 Å². The Morgan fingerprint density at radius 3 is 2.68 bits per heavy atom. The van der Waals surface area contributed by atoms with Crippen molar-refractivity contribution < 1.29 is 0 Å². The molecule has 1 atom stereocenters. The van der Waals surface area contributed by atoms with Gasteiger partial charge in [0.1, 0.15) is 5.84 Å². The van der Waals surface area contributed by atoms with Crippen molar-refractivity contribution in [2.45, 2.75) is 39.2 Å². The van der Waals surface area contributed by atoms with Crippen LogP contribution in [0.5, 0.6) is 0 Å². The summed E-state index contributed by atoms with van der Waals surface area (Å²) in [5.41, 5.74) is 12.0. The van der Waals surface area contributed by atoms with Crippen molar-refractivity contribution in [1.29, 1.82) is 0 Å². The first-order valence-electron chi connectivity index (χ1n) is 9.11. The average molecular weight is 335 g/mol. The zero-order valence-electron chi connectivity index (χ0n) is 15.5. The van der Waals surface area contributed by atoms with Gasteiger partial charge in [-0.05, 0) is 61.3 Å². The maximum atomic E-state index is 6.72. The van der Waals surface area contributed by atoms with E-state index in [1.807, 2.05) is 13.0 Å². The number of fused-ring (bicyclic) bond motifs is 1. The van der Waals surface area contributed by atoms with E-state index in [-0.39, 0.29) is 11.5 Å². The van der Waals surface area contributed by atoms with Crippen LogP contribution < -0.4 is 5.73 Å². The summed E-state index contributed by atoms with van der Waals surface area (Å²) in [6, 6.07) is 6.81. The molecule has 3 heteroatoms. The Morgan fingerprint density at radius 1 is 1.36 bits per heavy atom. The summed E-state index contributed by atoms with van der Waals surface area (Å²) in [7, 11) is 0. The molecule has 1 aliphatic heterocycles. The van der Waals surface area contributed by atoms with Crippen LogP contribution in [0.15, 0.2) is 54.7 Å². The summed E-state index contributed by atoms with van der Waals surface area (Å²) in [5.74, 6) is 1.00. The zero-order chi connectivity index (χ0) is 18.0. The summed E-state index contributed by atoms with van der Waals surface area (Å²) < 4.78 is 0. The number of piperidine rings is 1. The Balaban J connectivity index is 1.78. The topological polar surface area (TPSA) is 41.6 Å². The maximum absolute atomic E-state index is 6.72. The number of amidine groups is 1. The Kier molecular flexibility index (Phi) is 4.96. The predicted molar refractivity (Wildman–Crippen MR) is 107 cm³/mol. The lowest BCUT2D eigenvalue weighted by atomic mass is 9.73. The van der Waals surface area contributed by atoms with Crippen LogP contribution in [0, 0.1) is 5.41 Å². The molecule has 0 bridgehead atoms. The second kappa shape index (κ2) is 7.01. The molecule has 1 fully saturated rings. The quantitative estimate of drug-likeness (QED) is 0.654. The van der Waals surface area contributed by atoms with E-state index < -0.39 is 0 Å². The van der Waals surface area contributed by atoms with Crippen molar-refractivity contribution in [3.63, 3.8) is 0 Å². The molecule has 1 saturated heterocycles. The molecular formula is C22H29N3. The molecule has 3 rings (SSSR count). The summed E-state index contributed by atoms with van der Waals surface area (Å²) in [4.78, 5) is 6.77. The number of nitrogens with zero attached hydrogens (tertiary/aromatic N) is 2. The highest BCUT2D eigenvalue weighted by Gasteiger charge is 2.46. The Labute approximate surface area is 151 Å². The van der Waals surface area contributed by atoms with Crippen LogP contribution in [0.25, 0.3) is 5.57 Å². The molecule has 0 radical (unpaired) electrons. The highest BCUT2D eigenvalue weighted by Crippen LogP contribution is 2.51. The molecule has 2 aliphatic rings. The van der Waals surface area contributed by atoms with E-state index in [0.717, 1.165) is 43.8 Å². The standard InChI is InChI=1S/C22H29N3/c1-5-7-20(24-6-2)25-12-10-22(11-13-25)15-18-14-17(16(3)4)8-9-19(18)21(22)23/h5-9,14,21H,2-3,10-13,15,23H2,1,4H3/b7-5+,24-20?. The third kappa shape index (κ3) is 3.21. The molecule has 1 aromatic carbocycles. The van der Waals surface area contributed by atoms with E-state index in [1.165, 1.54) is 16.7 Å². The number of aliphatic imine (C=N–C) groups is 1. The van der Waals surface area contributed by atoms with Crippen molar-refractivity contribution in [3.8, 4) is 0 Å². The normalized spacial score (nSPS) is 22.4.